The Morgan fingerprint density at radius 3 is 2.57 bits per heavy atom. The first-order chi connectivity index (χ1) is 13.3. The molecule has 28 heavy (non-hydrogen) atoms. The topological polar surface area (TPSA) is 79.4 Å². The van der Waals surface area contributed by atoms with Crippen LogP contribution < -0.4 is 5.32 Å². The van der Waals surface area contributed by atoms with Gasteiger partial charge >= 0.3 is 0 Å². The normalized spacial score (nSPS) is 16.3. The van der Waals surface area contributed by atoms with E-state index in [9.17, 15) is 13.2 Å². The Morgan fingerprint density at radius 1 is 1.21 bits per heavy atom. The summed E-state index contributed by atoms with van der Waals surface area (Å²) in [4.78, 5) is 16.5. The lowest BCUT2D eigenvalue weighted by Crippen LogP contribution is -2.41. The van der Waals surface area contributed by atoms with Gasteiger partial charge in [0.1, 0.15) is 10.0 Å². The standard InChI is InChI=1S/C20H24ClN3O3S/c1-14(2)16-5-3-6-17(13-16)23-20(25)15-8-11-24(12-9-15)28(26,27)18-7-4-10-22-19(18)21/h3-7,10,13-15H,8-9,11-12H2,1-2H3,(H,23,25). The van der Waals surface area contributed by atoms with E-state index in [1.54, 1.807) is 6.07 Å². The van der Waals surface area contributed by atoms with Crippen LogP contribution in [0.25, 0.3) is 0 Å². The number of sulfonamides is 1. The molecule has 1 N–H and O–H groups in total. The number of nitrogens with zero attached hydrogens (tertiary/aromatic N) is 2. The quantitative estimate of drug-likeness (QED) is 0.742. The number of rotatable bonds is 5. The zero-order valence-corrected chi connectivity index (χ0v) is 17.5. The molecule has 2 heterocycles. The monoisotopic (exact) mass is 421 g/mol. The number of hydrogen-bond donors (Lipinski definition) is 1. The first kappa shape index (κ1) is 20.8. The number of piperidine rings is 1. The van der Waals surface area contributed by atoms with Gasteiger partial charge in [-0.1, -0.05) is 37.6 Å². The predicted molar refractivity (Wildman–Crippen MR) is 110 cm³/mol. The van der Waals surface area contributed by atoms with Crippen LogP contribution in [0.5, 0.6) is 0 Å². The van der Waals surface area contributed by atoms with Crippen LogP contribution in [0, 0.1) is 5.92 Å². The van der Waals surface area contributed by atoms with E-state index in [1.807, 2.05) is 24.3 Å². The smallest absolute Gasteiger partial charge is 0.246 e. The zero-order chi connectivity index (χ0) is 20.3. The number of carbonyl (C=O) groups excluding carboxylic acids is 1. The second kappa shape index (κ2) is 8.59. The third-order valence-corrected chi connectivity index (χ3v) is 7.33. The van der Waals surface area contributed by atoms with Gasteiger partial charge in [0.05, 0.1) is 0 Å². The summed E-state index contributed by atoms with van der Waals surface area (Å²) in [6, 6.07) is 10.8. The molecule has 1 amide bonds. The van der Waals surface area contributed by atoms with Crippen LogP contribution in [-0.4, -0.2) is 36.7 Å². The van der Waals surface area contributed by atoms with Crippen LogP contribution in [-0.2, 0) is 14.8 Å². The van der Waals surface area contributed by atoms with Crippen LogP contribution in [0.3, 0.4) is 0 Å². The number of aromatic nitrogens is 1. The number of hydrogen-bond acceptors (Lipinski definition) is 4. The summed E-state index contributed by atoms with van der Waals surface area (Å²) in [5, 5.41) is 2.93. The maximum Gasteiger partial charge on any atom is 0.246 e. The largest absolute Gasteiger partial charge is 0.326 e. The minimum absolute atomic E-state index is 0.00469. The summed E-state index contributed by atoms with van der Waals surface area (Å²) in [7, 11) is -3.71. The van der Waals surface area contributed by atoms with Gasteiger partial charge in [-0.15, -0.1) is 0 Å². The third kappa shape index (κ3) is 4.54. The molecule has 0 saturated carbocycles. The maximum atomic E-state index is 12.8. The molecule has 8 heteroatoms. The summed E-state index contributed by atoms with van der Waals surface area (Å²) >= 11 is 5.95. The Balaban J connectivity index is 1.63. The summed E-state index contributed by atoms with van der Waals surface area (Å²) in [6.45, 7) is 4.76. The Morgan fingerprint density at radius 2 is 1.93 bits per heavy atom. The Kier molecular flexibility index (Phi) is 6.37. The van der Waals surface area contributed by atoms with E-state index >= 15 is 0 Å². The van der Waals surface area contributed by atoms with E-state index < -0.39 is 10.0 Å². The number of anilines is 1. The second-order valence-corrected chi connectivity index (χ2v) is 9.50. The SMILES string of the molecule is CC(C)c1cccc(NC(=O)C2CCN(S(=O)(=O)c3cccnc3Cl)CC2)c1. The molecule has 0 unspecified atom stereocenters. The molecular weight excluding hydrogens is 398 g/mol. The predicted octanol–water partition coefficient (Wildman–Crippen LogP) is 3.90. The van der Waals surface area contributed by atoms with E-state index in [1.165, 1.54) is 16.6 Å². The van der Waals surface area contributed by atoms with Gasteiger partial charge in [0.25, 0.3) is 0 Å². The number of benzene rings is 1. The lowest BCUT2D eigenvalue weighted by Gasteiger charge is -2.30. The molecule has 0 atom stereocenters. The van der Waals surface area contributed by atoms with Crippen LogP contribution in [0.15, 0.2) is 47.5 Å². The summed E-state index contributed by atoms with van der Waals surface area (Å²) in [5.41, 5.74) is 1.93. The van der Waals surface area contributed by atoms with Crippen molar-refractivity contribution in [2.75, 3.05) is 18.4 Å². The fraction of sp³-hybridized carbons (Fsp3) is 0.400. The second-order valence-electron chi connectivity index (χ2n) is 7.24. The third-order valence-electron chi connectivity index (χ3n) is 4.99. The van der Waals surface area contributed by atoms with Gasteiger partial charge in [-0.05, 0) is 48.6 Å². The van der Waals surface area contributed by atoms with E-state index in [4.69, 9.17) is 11.6 Å². The van der Waals surface area contributed by atoms with Crippen molar-refractivity contribution in [1.29, 1.82) is 0 Å². The molecule has 1 aliphatic heterocycles. The Labute approximate surface area is 171 Å². The fourth-order valence-corrected chi connectivity index (χ4v) is 5.18. The average molecular weight is 422 g/mol. The van der Waals surface area contributed by atoms with Crippen LogP contribution in [0.1, 0.15) is 38.2 Å². The van der Waals surface area contributed by atoms with Gasteiger partial charge in [0.2, 0.25) is 15.9 Å². The summed E-state index contributed by atoms with van der Waals surface area (Å²) in [5.74, 6) is 0.0838. The van der Waals surface area contributed by atoms with Crippen molar-refractivity contribution >= 4 is 33.2 Å². The molecule has 0 aliphatic carbocycles. The molecule has 2 aromatic rings. The van der Waals surface area contributed by atoms with Gasteiger partial charge < -0.3 is 5.32 Å². The van der Waals surface area contributed by atoms with E-state index in [-0.39, 0.29) is 35.0 Å². The van der Waals surface area contributed by atoms with Gasteiger partial charge in [0, 0.05) is 30.9 Å². The number of pyridine rings is 1. The molecular formula is C20H24ClN3O3S. The molecule has 150 valence electrons. The van der Waals surface area contributed by atoms with Crippen molar-refractivity contribution in [3.8, 4) is 0 Å². The van der Waals surface area contributed by atoms with Crippen molar-refractivity contribution in [3.05, 3.63) is 53.3 Å². The first-order valence-electron chi connectivity index (χ1n) is 9.30. The van der Waals surface area contributed by atoms with Crippen molar-refractivity contribution < 1.29 is 13.2 Å². The Bertz CT molecular complexity index is 955. The van der Waals surface area contributed by atoms with Gasteiger partial charge in [0.15, 0.2) is 0 Å². The molecule has 3 rings (SSSR count). The minimum Gasteiger partial charge on any atom is -0.326 e. The lowest BCUT2D eigenvalue weighted by molar-refractivity contribution is -0.120. The first-order valence-corrected chi connectivity index (χ1v) is 11.1. The van der Waals surface area contributed by atoms with E-state index in [0.29, 0.717) is 18.8 Å². The minimum atomic E-state index is -3.71. The van der Waals surface area contributed by atoms with Crippen molar-refractivity contribution in [2.45, 2.75) is 37.5 Å². The number of carbonyl (C=O) groups is 1. The van der Waals surface area contributed by atoms with Gasteiger partial charge in [-0.2, -0.15) is 4.31 Å². The summed E-state index contributed by atoms with van der Waals surface area (Å²) < 4.78 is 26.9. The van der Waals surface area contributed by atoms with Crippen molar-refractivity contribution in [2.24, 2.45) is 5.92 Å². The highest BCUT2D eigenvalue weighted by molar-refractivity contribution is 7.89. The molecule has 1 fully saturated rings. The summed E-state index contributed by atoms with van der Waals surface area (Å²) in [6.07, 6.45) is 2.38. The number of halogens is 1. The maximum absolute atomic E-state index is 12.8. The molecule has 0 bridgehead atoms. The molecule has 6 nitrogen and oxygen atoms in total. The lowest BCUT2D eigenvalue weighted by atomic mass is 9.97. The highest BCUT2D eigenvalue weighted by Crippen LogP contribution is 2.28. The molecule has 1 aromatic heterocycles. The highest BCUT2D eigenvalue weighted by Gasteiger charge is 2.33. The van der Waals surface area contributed by atoms with E-state index in [0.717, 1.165) is 11.3 Å². The van der Waals surface area contributed by atoms with Crippen molar-refractivity contribution in [1.82, 2.24) is 9.29 Å². The molecule has 1 saturated heterocycles. The number of nitrogens with one attached hydrogen (secondary N) is 1. The molecule has 1 aliphatic rings. The highest BCUT2D eigenvalue weighted by atomic mass is 35.5. The molecule has 1 aromatic carbocycles. The molecule has 0 spiro atoms. The van der Waals surface area contributed by atoms with Crippen LogP contribution >= 0.6 is 11.6 Å². The van der Waals surface area contributed by atoms with Crippen LogP contribution in [0.2, 0.25) is 5.15 Å². The van der Waals surface area contributed by atoms with Gasteiger partial charge in [-0.25, -0.2) is 13.4 Å². The fourth-order valence-electron chi connectivity index (χ4n) is 3.28. The average Bonchev–Trinajstić information content (AvgIpc) is 2.68. The zero-order valence-electron chi connectivity index (χ0n) is 15.9. The van der Waals surface area contributed by atoms with E-state index in [2.05, 4.69) is 24.1 Å². The van der Waals surface area contributed by atoms with Crippen molar-refractivity contribution in [3.63, 3.8) is 0 Å². The van der Waals surface area contributed by atoms with Crippen LogP contribution in [0.4, 0.5) is 5.69 Å². The number of amides is 1. The Hall–Kier alpha value is -1.96. The molecule has 0 radical (unpaired) electrons. The van der Waals surface area contributed by atoms with Gasteiger partial charge in [-0.3, -0.25) is 4.79 Å².